The molecule has 1 aromatic carbocycles. The number of benzene rings is 1. The van der Waals surface area contributed by atoms with E-state index in [2.05, 4.69) is 37.1 Å². The van der Waals surface area contributed by atoms with Gasteiger partial charge in [-0.15, -0.1) is 11.3 Å². The van der Waals surface area contributed by atoms with E-state index in [1.165, 1.54) is 16.9 Å². The number of hydrazone groups is 1. The molecule has 166 valence electrons. The van der Waals surface area contributed by atoms with E-state index in [1.807, 2.05) is 31.2 Å². The molecule has 4 heterocycles. The van der Waals surface area contributed by atoms with Gasteiger partial charge in [0.2, 0.25) is 5.95 Å². The zero-order valence-corrected chi connectivity index (χ0v) is 18.6. The van der Waals surface area contributed by atoms with Gasteiger partial charge in [-0.1, -0.05) is 29.8 Å². The summed E-state index contributed by atoms with van der Waals surface area (Å²) in [5.41, 5.74) is 5.85. The molecule has 0 unspecified atom stereocenters. The fourth-order valence-corrected chi connectivity index (χ4v) is 4.65. The first-order chi connectivity index (χ1) is 15.7. The van der Waals surface area contributed by atoms with Crippen LogP contribution in [0.2, 0.25) is 0 Å². The molecule has 3 N–H and O–H groups in total. The number of aromatic nitrogens is 2. The van der Waals surface area contributed by atoms with Gasteiger partial charge in [0.1, 0.15) is 0 Å². The highest BCUT2D eigenvalue weighted by Crippen LogP contribution is 2.33. The molecule has 0 radical (unpaired) electrons. The van der Waals surface area contributed by atoms with Crippen molar-refractivity contribution < 1.29 is 9.53 Å². The van der Waals surface area contributed by atoms with Crippen LogP contribution >= 0.6 is 11.3 Å². The molecular weight excluding hydrogens is 426 g/mol. The lowest BCUT2D eigenvalue weighted by Gasteiger charge is -2.28. The molecule has 3 aromatic rings. The van der Waals surface area contributed by atoms with E-state index in [4.69, 9.17) is 9.72 Å². The van der Waals surface area contributed by atoms with Crippen molar-refractivity contribution in [1.29, 1.82) is 0 Å². The van der Waals surface area contributed by atoms with Crippen LogP contribution in [-0.4, -0.2) is 67.5 Å². The van der Waals surface area contributed by atoms with Crippen molar-refractivity contribution in [1.82, 2.24) is 20.6 Å². The molecule has 32 heavy (non-hydrogen) atoms. The van der Waals surface area contributed by atoms with Gasteiger partial charge in [-0.2, -0.15) is 10.1 Å². The lowest BCUT2D eigenvalue weighted by molar-refractivity contribution is 0.0928. The minimum Gasteiger partial charge on any atom is -0.378 e. The summed E-state index contributed by atoms with van der Waals surface area (Å²) in [5.74, 6) is 1.14. The first-order valence-electron chi connectivity index (χ1n) is 10.7. The summed E-state index contributed by atoms with van der Waals surface area (Å²) in [4.78, 5) is 24.9. The van der Waals surface area contributed by atoms with Crippen LogP contribution in [0.1, 0.15) is 20.8 Å². The van der Waals surface area contributed by atoms with Crippen LogP contribution in [0.15, 0.2) is 35.4 Å². The number of nitrogens with zero attached hydrogens (tertiary/aromatic N) is 4. The Morgan fingerprint density at radius 2 is 2.12 bits per heavy atom. The van der Waals surface area contributed by atoms with Crippen molar-refractivity contribution in [2.24, 2.45) is 5.10 Å². The van der Waals surface area contributed by atoms with E-state index in [9.17, 15) is 4.79 Å². The average Bonchev–Trinajstić information content (AvgIpc) is 3.21. The van der Waals surface area contributed by atoms with Gasteiger partial charge in [0.25, 0.3) is 5.91 Å². The number of fused-ring (bicyclic) bond motifs is 1. The van der Waals surface area contributed by atoms with Gasteiger partial charge >= 0.3 is 0 Å². The van der Waals surface area contributed by atoms with Gasteiger partial charge in [0.15, 0.2) is 5.82 Å². The second-order valence-electron chi connectivity index (χ2n) is 7.91. The smallest absolute Gasteiger partial charge is 0.261 e. The Morgan fingerprint density at radius 3 is 2.88 bits per heavy atom. The summed E-state index contributed by atoms with van der Waals surface area (Å²) in [6, 6.07) is 10.1. The summed E-state index contributed by atoms with van der Waals surface area (Å²) in [6.45, 7) is 6.43. The Morgan fingerprint density at radius 1 is 1.28 bits per heavy atom. The highest BCUT2D eigenvalue weighted by Gasteiger charge is 2.24. The fraction of sp³-hybridized carbons (Fsp3) is 0.364. The van der Waals surface area contributed by atoms with Crippen molar-refractivity contribution in [3.8, 4) is 0 Å². The molecule has 2 saturated heterocycles. The Balaban J connectivity index is 1.43. The number of carbonyl (C=O) groups excluding carboxylic acids is 1. The predicted molar refractivity (Wildman–Crippen MR) is 127 cm³/mol. The summed E-state index contributed by atoms with van der Waals surface area (Å²) in [7, 11) is 0. The molecular formula is C22H25N7O2S. The molecule has 10 heteroatoms. The highest BCUT2D eigenvalue weighted by atomic mass is 32.1. The van der Waals surface area contributed by atoms with Crippen LogP contribution < -0.4 is 21.0 Å². The summed E-state index contributed by atoms with van der Waals surface area (Å²) < 4.78 is 6.40. The van der Waals surface area contributed by atoms with Crippen LogP contribution in [-0.2, 0) is 4.74 Å². The van der Waals surface area contributed by atoms with E-state index in [1.54, 1.807) is 6.21 Å². The molecule has 2 aliphatic heterocycles. The lowest BCUT2D eigenvalue weighted by atomic mass is 10.2. The van der Waals surface area contributed by atoms with Crippen LogP contribution in [0.25, 0.3) is 10.2 Å². The third kappa shape index (κ3) is 4.57. The zero-order chi connectivity index (χ0) is 21.9. The van der Waals surface area contributed by atoms with E-state index < -0.39 is 0 Å². The molecule has 0 bridgehead atoms. The van der Waals surface area contributed by atoms with E-state index in [0.29, 0.717) is 24.0 Å². The van der Waals surface area contributed by atoms with Crippen LogP contribution in [0, 0.1) is 6.92 Å². The van der Waals surface area contributed by atoms with Gasteiger partial charge in [0, 0.05) is 26.2 Å². The number of amides is 1. The molecule has 2 aliphatic rings. The number of rotatable bonds is 6. The summed E-state index contributed by atoms with van der Waals surface area (Å²) in [5, 5.41) is 10.5. The van der Waals surface area contributed by atoms with Crippen molar-refractivity contribution in [2.45, 2.75) is 13.0 Å². The standard InChI is InChI=1S/C22H25N7O2S/c1-14-3-2-4-15(9-14)11-24-28-22-26-17-10-18(21(30)25-16-12-23-13-16)32-19(17)20(27-22)29-5-7-31-8-6-29/h2-4,9-11,16,23H,5-8,12-13H2,1H3,(H,25,30)(H,26,27,28)/b24-11+. The lowest BCUT2D eigenvalue weighted by Crippen LogP contribution is -2.56. The van der Waals surface area contributed by atoms with E-state index in [-0.39, 0.29) is 11.9 Å². The fourth-order valence-electron chi connectivity index (χ4n) is 3.63. The Bertz CT molecular complexity index is 1150. The average molecular weight is 452 g/mol. The molecule has 1 amide bonds. The molecule has 2 fully saturated rings. The number of hydrogen-bond acceptors (Lipinski definition) is 9. The van der Waals surface area contributed by atoms with Crippen LogP contribution in [0.4, 0.5) is 11.8 Å². The molecule has 0 saturated carbocycles. The summed E-state index contributed by atoms with van der Waals surface area (Å²) >= 11 is 1.43. The van der Waals surface area contributed by atoms with Crippen molar-refractivity contribution in [2.75, 3.05) is 49.7 Å². The number of anilines is 2. The topological polar surface area (TPSA) is 104 Å². The minimum atomic E-state index is -0.0700. The third-order valence-corrected chi connectivity index (χ3v) is 6.54. The second-order valence-corrected chi connectivity index (χ2v) is 8.96. The van der Waals surface area contributed by atoms with Crippen molar-refractivity contribution in [3.63, 3.8) is 0 Å². The zero-order valence-electron chi connectivity index (χ0n) is 17.8. The monoisotopic (exact) mass is 451 g/mol. The number of hydrogen-bond donors (Lipinski definition) is 3. The van der Waals surface area contributed by atoms with Gasteiger partial charge < -0.3 is 20.3 Å². The first-order valence-corrected chi connectivity index (χ1v) is 11.5. The Labute approximate surface area is 189 Å². The number of carbonyl (C=O) groups is 1. The van der Waals surface area contributed by atoms with Gasteiger partial charge in [-0.05, 0) is 18.6 Å². The SMILES string of the molecule is Cc1cccc(/C=N/Nc2nc(N3CCOCC3)c3sc(C(=O)NC4CNC4)cc3n2)c1. The van der Waals surface area contributed by atoms with Crippen LogP contribution in [0.3, 0.4) is 0 Å². The number of aryl methyl sites for hydroxylation is 1. The maximum absolute atomic E-state index is 12.7. The van der Waals surface area contributed by atoms with E-state index >= 15 is 0 Å². The van der Waals surface area contributed by atoms with Gasteiger partial charge in [0.05, 0.1) is 40.6 Å². The van der Waals surface area contributed by atoms with Gasteiger partial charge in [-0.3, -0.25) is 4.79 Å². The largest absolute Gasteiger partial charge is 0.378 e. The van der Waals surface area contributed by atoms with Crippen LogP contribution in [0.5, 0.6) is 0 Å². The molecule has 5 rings (SSSR count). The summed E-state index contributed by atoms with van der Waals surface area (Å²) in [6.07, 6.45) is 1.74. The Hall–Kier alpha value is -3.08. The molecule has 0 aliphatic carbocycles. The maximum Gasteiger partial charge on any atom is 0.261 e. The molecule has 0 atom stereocenters. The highest BCUT2D eigenvalue weighted by molar-refractivity contribution is 7.21. The Kier molecular flexibility index (Phi) is 5.97. The molecule has 9 nitrogen and oxygen atoms in total. The quantitative estimate of drug-likeness (QED) is 0.389. The normalized spacial score (nSPS) is 17.0. The number of morpholine rings is 1. The second kappa shape index (κ2) is 9.19. The minimum absolute atomic E-state index is 0.0700. The van der Waals surface area contributed by atoms with E-state index in [0.717, 1.165) is 47.8 Å². The maximum atomic E-state index is 12.7. The predicted octanol–water partition coefficient (Wildman–Crippen LogP) is 1.98. The molecule has 0 spiro atoms. The molecule has 2 aromatic heterocycles. The third-order valence-electron chi connectivity index (χ3n) is 5.43. The number of nitrogens with one attached hydrogen (secondary N) is 3. The number of thiophene rings is 1. The number of ether oxygens (including phenoxy) is 1. The van der Waals surface area contributed by atoms with Gasteiger partial charge in [-0.25, -0.2) is 10.4 Å². The first kappa shape index (κ1) is 20.8. The van der Waals surface area contributed by atoms with Crippen molar-refractivity contribution >= 4 is 45.4 Å². The van der Waals surface area contributed by atoms with Crippen molar-refractivity contribution in [3.05, 3.63) is 46.3 Å².